The summed E-state index contributed by atoms with van der Waals surface area (Å²) in [5.74, 6) is 0. The van der Waals surface area contributed by atoms with Gasteiger partial charge in [0.05, 0.1) is 5.52 Å². The maximum absolute atomic E-state index is 5.94. The van der Waals surface area contributed by atoms with Crippen molar-refractivity contribution in [2.24, 2.45) is 0 Å². The zero-order valence-corrected chi connectivity index (χ0v) is 10.8. The van der Waals surface area contributed by atoms with Crippen LogP contribution in [-0.2, 0) is 0 Å². The molecule has 0 aliphatic rings. The molecule has 0 N–H and O–H groups in total. The first-order chi connectivity index (χ1) is 8.74. The van der Waals surface area contributed by atoms with Crippen LogP contribution >= 0.6 is 11.6 Å². The third-order valence-electron chi connectivity index (χ3n) is 3.02. The van der Waals surface area contributed by atoms with E-state index in [1.807, 2.05) is 36.5 Å². The highest BCUT2D eigenvalue weighted by atomic mass is 35.5. The van der Waals surface area contributed by atoms with Gasteiger partial charge in [-0.1, -0.05) is 35.9 Å². The maximum Gasteiger partial charge on any atom is 0.0710 e. The van der Waals surface area contributed by atoms with Gasteiger partial charge in [-0.05, 0) is 47.9 Å². The summed E-state index contributed by atoms with van der Waals surface area (Å²) in [6.45, 7) is 2.09. The number of nitrogens with zero attached hydrogens (tertiary/aromatic N) is 1. The molecule has 3 rings (SSSR count). The molecule has 0 aliphatic carbocycles. The Morgan fingerprint density at radius 2 is 1.78 bits per heavy atom. The first-order valence-electron chi connectivity index (χ1n) is 5.85. The number of aromatic nitrogens is 1. The topological polar surface area (TPSA) is 12.9 Å². The van der Waals surface area contributed by atoms with Gasteiger partial charge in [-0.3, -0.25) is 4.98 Å². The lowest BCUT2D eigenvalue weighted by atomic mass is 9.98. The molecular formula is C16H12ClN. The van der Waals surface area contributed by atoms with Crippen LogP contribution in [0.15, 0.2) is 54.7 Å². The molecule has 0 saturated carbocycles. The quantitative estimate of drug-likeness (QED) is 0.603. The minimum absolute atomic E-state index is 0.758. The first kappa shape index (κ1) is 11.2. The van der Waals surface area contributed by atoms with Crippen LogP contribution in [0, 0.1) is 6.92 Å². The highest BCUT2D eigenvalue weighted by Gasteiger charge is 2.05. The van der Waals surface area contributed by atoms with Crippen molar-refractivity contribution in [1.29, 1.82) is 0 Å². The van der Waals surface area contributed by atoms with E-state index in [0.717, 1.165) is 10.5 Å². The number of aryl methyl sites for hydroxylation is 1. The van der Waals surface area contributed by atoms with Gasteiger partial charge in [-0.2, -0.15) is 0 Å². The van der Waals surface area contributed by atoms with Crippen molar-refractivity contribution in [1.82, 2.24) is 4.98 Å². The summed E-state index contributed by atoms with van der Waals surface area (Å²) >= 11 is 5.94. The third-order valence-corrected chi connectivity index (χ3v) is 3.27. The predicted octanol–water partition coefficient (Wildman–Crippen LogP) is 4.86. The molecule has 0 unspecified atom stereocenters. The second-order valence-electron chi connectivity index (χ2n) is 4.39. The molecule has 88 valence electrons. The van der Waals surface area contributed by atoms with Gasteiger partial charge in [0.25, 0.3) is 0 Å². The molecule has 18 heavy (non-hydrogen) atoms. The second kappa shape index (κ2) is 4.43. The summed E-state index contributed by atoms with van der Waals surface area (Å²) in [5.41, 5.74) is 4.62. The lowest BCUT2D eigenvalue weighted by molar-refractivity contribution is 1.39. The molecule has 3 aromatic rings. The van der Waals surface area contributed by atoms with Crippen LogP contribution in [0.25, 0.3) is 22.0 Å². The molecule has 1 aromatic heterocycles. The molecule has 1 nitrogen and oxygen atoms in total. The van der Waals surface area contributed by atoms with E-state index in [-0.39, 0.29) is 0 Å². The smallest absolute Gasteiger partial charge is 0.0710 e. The van der Waals surface area contributed by atoms with Gasteiger partial charge in [0, 0.05) is 16.6 Å². The number of hydrogen-bond donors (Lipinski definition) is 0. The molecule has 0 saturated heterocycles. The predicted molar refractivity (Wildman–Crippen MR) is 76.9 cm³/mol. The maximum atomic E-state index is 5.94. The Hall–Kier alpha value is -1.86. The molecular weight excluding hydrogens is 242 g/mol. The molecule has 0 atom stereocenters. The second-order valence-corrected chi connectivity index (χ2v) is 4.83. The van der Waals surface area contributed by atoms with Crippen LogP contribution in [0.1, 0.15) is 5.56 Å². The van der Waals surface area contributed by atoms with Crippen LogP contribution in [0.4, 0.5) is 0 Å². The summed E-state index contributed by atoms with van der Waals surface area (Å²) in [5, 5.41) is 1.93. The molecule has 0 aliphatic heterocycles. The Morgan fingerprint density at radius 3 is 2.56 bits per heavy atom. The summed E-state index contributed by atoms with van der Waals surface area (Å²) in [6.07, 6.45) is 1.83. The van der Waals surface area contributed by atoms with Crippen molar-refractivity contribution in [3.8, 4) is 11.1 Å². The molecule has 0 bridgehead atoms. The van der Waals surface area contributed by atoms with Crippen molar-refractivity contribution in [3.63, 3.8) is 0 Å². The zero-order valence-electron chi connectivity index (χ0n) is 10.0. The SMILES string of the molecule is Cc1cc(-c2ccc(Cl)cc2)c2cccnc2c1. The number of benzene rings is 2. The van der Waals surface area contributed by atoms with Gasteiger partial charge < -0.3 is 0 Å². The summed E-state index contributed by atoms with van der Waals surface area (Å²) < 4.78 is 0. The van der Waals surface area contributed by atoms with Gasteiger partial charge in [-0.25, -0.2) is 0 Å². The number of fused-ring (bicyclic) bond motifs is 1. The Labute approximate surface area is 111 Å². The minimum atomic E-state index is 0.758. The molecule has 0 fully saturated rings. The highest BCUT2D eigenvalue weighted by Crippen LogP contribution is 2.29. The fourth-order valence-corrected chi connectivity index (χ4v) is 2.32. The van der Waals surface area contributed by atoms with Gasteiger partial charge in [0.2, 0.25) is 0 Å². The Morgan fingerprint density at radius 1 is 1.00 bits per heavy atom. The van der Waals surface area contributed by atoms with E-state index in [0.29, 0.717) is 0 Å². The van der Waals surface area contributed by atoms with E-state index >= 15 is 0 Å². The monoisotopic (exact) mass is 253 g/mol. The molecule has 1 heterocycles. The van der Waals surface area contributed by atoms with Crippen LogP contribution < -0.4 is 0 Å². The fourth-order valence-electron chi connectivity index (χ4n) is 2.19. The van der Waals surface area contributed by atoms with Crippen LogP contribution in [0.5, 0.6) is 0 Å². The van der Waals surface area contributed by atoms with E-state index in [2.05, 4.69) is 30.1 Å². The van der Waals surface area contributed by atoms with Crippen molar-refractivity contribution in [3.05, 3.63) is 65.3 Å². The molecule has 0 amide bonds. The number of rotatable bonds is 1. The fraction of sp³-hybridized carbons (Fsp3) is 0.0625. The Balaban J connectivity index is 2.31. The molecule has 2 aromatic carbocycles. The van der Waals surface area contributed by atoms with Crippen molar-refractivity contribution in [2.45, 2.75) is 6.92 Å². The first-order valence-corrected chi connectivity index (χ1v) is 6.23. The number of pyridine rings is 1. The summed E-state index contributed by atoms with van der Waals surface area (Å²) in [6, 6.07) is 16.3. The molecule has 0 radical (unpaired) electrons. The average Bonchev–Trinajstić information content (AvgIpc) is 2.38. The Kier molecular flexibility index (Phi) is 2.77. The van der Waals surface area contributed by atoms with Gasteiger partial charge in [-0.15, -0.1) is 0 Å². The van der Waals surface area contributed by atoms with Gasteiger partial charge in [0.1, 0.15) is 0 Å². The lowest BCUT2D eigenvalue weighted by Gasteiger charge is -2.08. The molecule has 2 heteroatoms. The average molecular weight is 254 g/mol. The largest absolute Gasteiger partial charge is 0.256 e. The standard InChI is InChI=1S/C16H12ClN/c1-11-9-15(12-4-6-13(17)7-5-12)14-3-2-8-18-16(14)10-11/h2-10H,1H3. The minimum Gasteiger partial charge on any atom is -0.256 e. The van der Waals surface area contributed by atoms with E-state index in [4.69, 9.17) is 11.6 Å². The lowest BCUT2D eigenvalue weighted by Crippen LogP contribution is -1.85. The highest BCUT2D eigenvalue weighted by molar-refractivity contribution is 6.30. The van der Waals surface area contributed by atoms with E-state index in [9.17, 15) is 0 Å². The van der Waals surface area contributed by atoms with E-state index in [1.54, 1.807) is 0 Å². The van der Waals surface area contributed by atoms with Crippen LogP contribution in [0.2, 0.25) is 5.02 Å². The van der Waals surface area contributed by atoms with Crippen molar-refractivity contribution in [2.75, 3.05) is 0 Å². The van der Waals surface area contributed by atoms with Crippen LogP contribution in [-0.4, -0.2) is 4.98 Å². The number of halogens is 1. The van der Waals surface area contributed by atoms with Crippen molar-refractivity contribution >= 4 is 22.5 Å². The normalized spacial score (nSPS) is 10.8. The summed E-state index contributed by atoms with van der Waals surface area (Å²) in [7, 11) is 0. The number of hydrogen-bond acceptors (Lipinski definition) is 1. The van der Waals surface area contributed by atoms with E-state index < -0.39 is 0 Å². The third kappa shape index (κ3) is 1.98. The van der Waals surface area contributed by atoms with E-state index in [1.165, 1.54) is 22.1 Å². The zero-order chi connectivity index (χ0) is 12.5. The van der Waals surface area contributed by atoms with Crippen molar-refractivity contribution < 1.29 is 0 Å². The van der Waals surface area contributed by atoms with Crippen LogP contribution in [0.3, 0.4) is 0 Å². The van der Waals surface area contributed by atoms with Gasteiger partial charge >= 0.3 is 0 Å². The summed E-state index contributed by atoms with van der Waals surface area (Å²) in [4.78, 5) is 4.42. The van der Waals surface area contributed by atoms with Gasteiger partial charge in [0.15, 0.2) is 0 Å². The Bertz CT molecular complexity index is 702. The molecule has 0 spiro atoms.